The van der Waals surface area contributed by atoms with E-state index in [2.05, 4.69) is 130 Å². The van der Waals surface area contributed by atoms with Crippen LogP contribution >= 0.6 is 0 Å². The van der Waals surface area contributed by atoms with E-state index in [0.29, 0.717) is 33.2 Å². The third-order valence-corrected chi connectivity index (χ3v) is 25.2. The summed E-state index contributed by atoms with van der Waals surface area (Å²) in [5.74, 6) is 11.1. The average Bonchev–Trinajstić information content (AvgIpc) is 3.12. The second-order valence-electron chi connectivity index (χ2n) is 16.9. The molecule has 5 rings (SSSR count). The molecule has 0 aliphatic carbocycles. The van der Waals surface area contributed by atoms with Gasteiger partial charge < -0.3 is 18.9 Å². The van der Waals surface area contributed by atoms with Crippen molar-refractivity contribution in [1.82, 2.24) is 0 Å². The van der Waals surface area contributed by atoms with Gasteiger partial charge in [-0.25, -0.2) is 0 Å². The van der Waals surface area contributed by atoms with Gasteiger partial charge >= 0.3 is 0 Å². The molecule has 0 aliphatic rings. The smallest absolute Gasteiger partial charge is 0.146 e. The highest BCUT2D eigenvalue weighted by molar-refractivity contribution is 6.91. The molecule has 0 aromatic heterocycles. The first-order valence-electron chi connectivity index (χ1n) is 19.7. The van der Waals surface area contributed by atoms with E-state index in [4.69, 9.17) is 18.9 Å². The van der Waals surface area contributed by atoms with Gasteiger partial charge in [-0.1, -0.05) is 94.9 Å². The van der Waals surface area contributed by atoms with Crippen LogP contribution in [0.3, 0.4) is 0 Å². The Kier molecular flexibility index (Phi) is 12.1. The minimum Gasteiger partial charge on any atom is -0.496 e. The maximum atomic E-state index is 5.99. The quantitative estimate of drug-likeness (QED) is 0.0807. The van der Waals surface area contributed by atoms with Crippen molar-refractivity contribution in [3.8, 4) is 45.9 Å². The number of hydrogen-bond donors (Lipinski definition) is 0. The zero-order valence-electron chi connectivity index (χ0n) is 35.7. The Morgan fingerprint density at radius 3 is 0.722 bits per heavy atom. The van der Waals surface area contributed by atoms with Crippen molar-refractivity contribution >= 4 is 59.2 Å². The van der Waals surface area contributed by atoms with Crippen LogP contribution in [0.4, 0.5) is 0 Å². The lowest BCUT2D eigenvalue weighted by molar-refractivity contribution is 0.410. The fraction of sp³-hybridized carbons (Fsp3) is 0.458. The molecule has 5 aromatic rings. The van der Waals surface area contributed by atoms with Crippen molar-refractivity contribution in [1.29, 1.82) is 0 Å². The highest BCUT2D eigenvalue weighted by Crippen LogP contribution is 2.46. The predicted octanol–water partition coefficient (Wildman–Crippen LogP) is 13.5. The lowest BCUT2D eigenvalue weighted by Gasteiger charge is -2.38. The van der Waals surface area contributed by atoms with Crippen LogP contribution in [0, 0.1) is 22.9 Å². The molecule has 54 heavy (non-hydrogen) atoms. The van der Waals surface area contributed by atoms with Crippen LogP contribution in [-0.4, -0.2) is 44.6 Å². The van der Waals surface area contributed by atoms with Crippen LogP contribution in [-0.2, 0) is 0 Å². The minimum atomic E-state index is -2.12. The molecule has 286 valence electrons. The van der Waals surface area contributed by atoms with E-state index in [1.165, 1.54) is 0 Å². The van der Waals surface area contributed by atoms with Crippen LogP contribution in [0.5, 0.6) is 23.0 Å². The molecule has 0 fully saturated rings. The van der Waals surface area contributed by atoms with Crippen LogP contribution in [0.15, 0.2) is 48.5 Å². The molecule has 0 atom stereocenters. The molecule has 0 radical (unpaired) electrons. The van der Waals surface area contributed by atoms with Gasteiger partial charge in [0.1, 0.15) is 39.1 Å². The monoisotopic (exact) mass is 758 g/mol. The van der Waals surface area contributed by atoms with Gasteiger partial charge in [0.25, 0.3) is 0 Å². The van der Waals surface area contributed by atoms with Crippen LogP contribution in [0.2, 0.25) is 33.2 Å². The first kappa shape index (κ1) is 41.1. The maximum Gasteiger partial charge on any atom is 0.146 e. The lowest BCUT2D eigenvalue weighted by Crippen LogP contribution is -2.43. The number of fused-ring (bicyclic) bond motifs is 4. The van der Waals surface area contributed by atoms with Crippen molar-refractivity contribution in [2.45, 2.75) is 116 Å². The van der Waals surface area contributed by atoms with Gasteiger partial charge in [0.2, 0.25) is 0 Å². The normalized spacial score (nSPS) is 12.4. The van der Waals surface area contributed by atoms with Gasteiger partial charge in [-0.15, -0.1) is 11.1 Å². The van der Waals surface area contributed by atoms with E-state index in [0.717, 1.165) is 77.2 Å². The Labute approximate surface area is 327 Å². The lowest BCUT2D eigenvalue weighted by atomic mass is 9.88. The standard InChI is InChI=1S/C48H62O4Si2/c1-29(2)53(30(3)4,31(5)6)23-21-35-37-25-41-43(47(51-15)19-17-45(41)49-13)27-39(37)36(22-24-54(32(7)8,33(9)10)34(11)12)40-28-44-42(26-38(35)40)46(50-14)18-20-48(44)52-16/h17-20,25-34H,1-16H3. The van der Waals surface area contributed by atoms with E-state index < -0.39 is 16.1 Å². The van der Waals surface area contributed by atoms with Gasteiger partial charge in [0.05, 0.1) is 28.4 Å². The predicted molar refractivity (Wildman–Crippen MR) is 239 cm³/mol. The molecule has 4 nitrogen and oxygen atoms in total. The maximum absolute atomic E-state index is 5.99. The van der Waals surface area contributed by atoms with E-state index in [1.807, 2.05) is 24.3 Å². The molecular formula is C48H62O4Si2. The van der Waals surface area contributed by atoms with Crippen molar-refractivity contribution in [2.24, 2.45) is 0 Å². The molecule has 0 spiro atoms. The largest absolute Gasteiger partial charge is 0.496 e. The summed E-state index contributed by atoms with van der Waals surface area (Å²) in [7, 11) is 2.69. The minimum absolute atomic E-state index is 0.490. The molecule has 0 saturated carbocycles. The Bertz CT molecular complexity index is 2010. The van der Waals surface area contributed by atoms with Crippen molar-refractivity contribution < 1.29 is 18.9 Å². The fourth-order valence-electron chi connectivity index (χ4n) is 9.98. The van der Waals surface area contributed by atoms with E-state index in [9.17, 15) is 0 Å². The molecule has 0 aliphatic heterocycles. The van der Waals surface area contributed by atoms with E-state index >= 15 is 0 Å². The van der Waals surface area contributed by atoms with Gasteiger partial charge in [-0.2, -0.15) is 0 Å². The van der Waals surface area contributed by atoms with Crippen LogP contribution < -0.4 is 18.9 Å². The third-order valence-electron chi connectivity index (χ3n) is 12.6. The van der Waals surface area contributed by atoms with Gasteiger partial charge in [-0.05, 0) is 103 Å². The Balaban J connectivity index is 2.17. The fourth-order valence-corrected chi connectivity index (χ4v) is 20.4. The first-order valence-corrected chi connectivity index (χ1v) is 24.2. The number of rotatable bonds is 10. The molecule has 5 aromatic carbocycles. The summed E-state index contributed by atoms with van der Waals surface area (Å²) in [5.41, 5.74) is 13.2. The van der Waals surface area contributed by atoms with Crippen molar-refractivity contribution in [2.75, 3.05) is 28.4 Å². The number of methoxy groups -OCH3 is 4. The molecular weight excluding hydrogens is 697 g/mol. The van der Waals surface area contributed by atoms with Crippen molar-refractivity contribution in [3.05, 3.63) is 59.7 Å². The zero-order chi connectivity index (χ0) is 39.9. The Morgan fingerprint density at radius 2 is 0.556 bits per heavy atom. The van der Waals surface area contributed by atoms with E-state index in [-0.39, 0.29) is 0 Å². The summed E-state index contributed by atoms with van der Waals surface area (Å²) in [4.78, 5) is 0. The summed E-state index contributed by atoms with van der Waals surface area (Å²) < 4.78 is 24.0. The van der Waals surface area contributed by atoms with Gasteiger partial charge in [-0.3, -0.25) is 0 Å². The molecule has 0 heterocycles. The number of benzene rings is 5. The SMILES string of the molecule is COc1ccc(OC)c2cc3c(C#C[Si](C(C)C)(C(C)C)C(C)C)c4cc5c(OC)ccc(OC)c5cc4c(C#C[Si](C(C)C)(C(C)C)C(C)C)c3cc12. The topological polar surface area (TPSA) is 36.9 Å². The molecule has 0 unspecified atom stereocenters. The average molecular weight is 759 g/mol. The molecule has 0 bridgehead atoms. The highest BCUT2D eigenvalue weighted by atomic mass is 28.3. The molecule has 0 amide bonds. The summed E-state index contributed by atoms with van der Waals surface area (Å²) in [6.45, 7) is 28.5. The van der Waals surface area contributed by atoms with Crippen LogP contribution in [0.25, 0.3) is 43.1 Å². The zero-order valence-corrected chi connectivity index (χ0v) is 37.7. The second-order valence-corrected chi connectivity index (χ2v) is 28.0. The number of hydrogen-bond acceptors (Lipinski definition) is 4. The molecule has 0 saturated heterocycles. The Morgan fingerprint density at radius 1 is 0.352 bits per heavy atom. The third kappa shape index (κ3) is 6.65. The first-order chi connectivity index (χ1) is 25.5. The highest BCUT2D eigenvalue weighted by Gasteiger charge is 2.43. The van der Waals surface area contributed by atoms with E-state index in [1.54, 1.807) is 28.4 Å². The van der Waals surface area contributed by atoms with Crippen LogP contribution in [0.1, 0.15) is 94.2 Å². The molecule has 6 heteroatoms. The second kappa shape index (κ2) is 15.9. The summed E-state index contributed by atoms with van der Waals surface area (Å²) in [6, 6.07) is 17.1. The van der Waals surface area contributed by atoms with Gasteiger partial charge in [0.15, 0.2) is 0 Å². The molecule has 0 N–H and O–H groups in total. The van der Waals surface area contributed by atoms with Gasteiger partial charge in [0, 0.05) is 32.7 Å². The summed E-state index contributed by atoms with van der Waals surface area (Å²) >= 11 is 0. The summed E-state index contributed by atoms with van der Waals surface area (Å²) in [6.07, 6.45) is 0. The Hall–Kier alpha value is -4.11. The summed E-state index contributed by atoms with van der Waals surface area (Å²) in [5, 5.41) is 8.24. The van der Waals surface area contributed by atoms with Crippen molar-refractivity contribution in [3.63, 3.8) is 0 Å². The number of ether oxygens (including phenoxy) is 4.